The molecule has 3 heterocycles. The van der Waals surface area contributed by atoms with Gasteiger partial charge in [-0.3, -0.25) is 4.79 Å². The van der Waals surface area contributed by atoms with Crippen molar-refractivity contribution in [3.05, 3.63) is 21.8 Å². The summed E-state index contributed by atoms with van der Waals surface area (Å²) in [6.45, 7) is 1.45. The maximum absolute atomic E-state index is 12.0. The van der Waals surface area contributed by atoms with Crippen LogP contribution in [-0.2, 0) is 17.7 Å². The van der Waals surface area contributed by atoms with Gasteiger partial charge >= 0.3 is 5.97 Å². The Bertz CT molecular complexity index is 680. The monoisotopic (exact) mass is 308 g/mol. The van der Waals surface area contributed by atoms with Crippen molar-refractivity contribution in [2.75, 3.05) is 19.0 Å². The third-order valence-corrected chi connectivity index (χ3v) is 4.24. The van der Waals surface area contributed by atoms with Crippen molar-refractivity contribution in [1.29, 1.82) is 0 Å². The molecule has 0 atom stereocenters. The lowest BCUT2D eigenvalue weighted by Crippen LogP contribution is -2.23. The number of hydrogen-bond acceptors (Lipinski definition) is 8. The minimum atomic E-state index is -0.527. The lowest BCUT2D eigenvalue weighted by atomic mass is 10.0. The molecular weight excluding hydrogens is 296 g/mol. The van der Waals surface area contributed by atoms with Gasteiger partial charge in [-0.1, -0.05) is 0 Å². The van der Waals surface area contributed by atoms with E-state index in [4.69, 9.17) is 4.74 Å². The third-order valence-electron chi connectivity index (χ3n) is 3.09. The van der Waals surface area contributed by atoms with E-state index in [1.54, 1.807) is 0 Å². The summed E-state index contributed by atoms with van der Waals surface area (Å²) in [5, 5.41) is 19.1. The summed E-state index contributed by atoms with van der Waals surface area (Å²) < 4.78 is 4.82. The van der Waals surface area contributed by atoms with Crippen LogP contribution < -0.4 is 10.6 Å². The van der Waals surface area contributed by atoms with Crippen molar-refractivity contribution in [1.82, 2.24) is 25.9 Å². The molecule has 0 saturated heterocycles. The number of aromatic nitrogens is 4. The van der Waals surface area contributed by atoms with Crippen LogP contribution in [-0.4, -0.2) is 46.2 Å². The number of anilines is 1. The van der Waals surface area contributed by atoms with E-state index in [9.17, 15) is 9.59 Å². The number of fused-ring (bicyclic) bond motifs is 1. The molecule has 1 aliphatic heterocycles. The highest BCUT2D eigenvalue weighted by molar-refractivity contribution is 7.17. The van der Waals surface area contributed by atoms with Crippen LogP contribution in [0.1, 0.15) is 31.4 Å². The number of rotatable bonds is 3. The molecule has 0 saturated carbocycles. The number of nitrogens with one attached hydrogen (secondary N) is 3. The second kappa shape index (κ2) is 5.58. The zero-order valence-corrected chi connectivity index (χ0v) is 11.9. The van der Waals surface area contributed by atoms with E-state index in [0.717, 1.165) is 17.0 Å². The first-order valence-corrected chi connectivity index (χ1v) is 7.00. The van der Waals surface area contributed by atoms with Crippen molar-refractivity contribution in [3.63, 3.8) is 0 Å². The zero-order chi connectivity index (χ0) is 14.8. The summed E-state index contributed by atoms with van der Waals surface area (Å²) in [4.78, 5) is 25.0. The van der Waals surface area contributed by atoms with E-state index < -0.39 is 11.9 Å². The Kier molecular flexibility index (Phi) is 3.62. The quantitative estimate of drug-likeness (QED) is 0.679. The Balaban J connectivity index is 1.95. The Labute approximate surface area is 123 Å². The van der Waals surface area contributed by atoms with E-state index in [2.05, 4.69) is 31.3 Å². The van der Waals surface area contributed by atoms with Gasteiger partial charge in [0.05, 0.1) is 12.7 Å². The normalized spacial score (nSPS) is 13.6. The van der Waals surface area contributed by atoms with Gasteiger partial charge in [-0.05, 0) is 23.7 Å². The van der Waals surface area contributed by atoms with Crippen molar-refractivity contribution in [3.8, 4) is 0 Å². The largest absolute Gasteiger partial charge is 0.465 e. The number of H-pyrrole nitrogens is 1. The lowest BCUT2D eigenvalue weighted by Gasteiger charge is -2.13. The molecule has 1 amide bonds. The molecule has 10 heteroatoms. The maximum Gasteiger partial charge on any atom is 0.341 e. The van der Waals surface area contributed by atoms with Crippen LogP contribution in [0.3, 0.4) is 0 Å². The predicted molar refractivity (Wildman–Crippen MR) is 73.2 cm³/mol. The average Bonchev–Trinajstić information content (AvgIpc) is 3.13. The minimum Gasteiger partial charge on any atom is -0.465 e. The molecule has 0 fully saturated rings. The Morgan fingerprint density at radius 3 is 3.00 bits per heavy atom. The van der Waals surface area contributed by atoms with Gasteiger partial charge in [0, 0.05) is 11.4 Å². The summed E-state index contributed by atoms with van der Waals surface area (Å²) >= 11 is 1.35. The molecule has 21 heavy (non-hydrogen) atoms. The van der Waals surface area contributed by atoms with Gasteiger partial charge in [0.2, 0.25) is 0 Å². The molecule has 2 aromatic rings. The second-order valence-electron chi connectivity index (χ2n) is 4.32. The molecule has 0 radical (unpaired) electrons. The lowest BCUT2D eigenvalue weighted by molar-refractivity contribution is 0.0601. The number of methoxy groups -OCH3 is 1. The zero-order valence-electron chi connectivity index (χ0n) is 11.1. The van der Waals surface area contributed by atoms with Crippen LogP contribution in [0.5, 0.6) is 0 Å². The summed E-state index contributed by atoms with van der Waals surface area (Å²) in [7, 11) is 1.32. The minimum absolute atomic E-state index is 0.0877. The SMILES string of the molecule is COC(=O)c1c(NC(=O)c2nn[nH]n2)sc2c1CCNC2. The van der Waals surface area contributed by atoms with E-state index >= 15 is 0 Å². The Morgan fingerprint density at radius 1 is 1.43 bits per heavy atom. The van der Waals surface area contributed by atoms with Gasteiger partial charge in [0.25, 0.3) is 11.7 Å². The number of carbonyl (C=O) groups is 2. The molecule has 0 unspecified atom stereocenters. The standard InChI is InChI=1S/C11H12N6O3S/c1-20-11(19)7-5-2-3-12-4-6(5)21-10(7)13-9(18)8-14-16-17-15-8/h12H,2-4H2,1H3,(H,13,18)(H,14,15,16,17). The van der Waals surface area contributed by atoms with Crippen molar-refractivity contribution < 1.29 is 14.3 Å². The number of aromatic amines is 1. The average molecular weight is 308 g/mol. The second-order valence-corrected chi connectivity index (χ2v) is 5.42. The number of nitrogens with zero attached hydrogens (tertiary/aromatic N) is 3. The predicted octanol–water partition coefficient (Wildman–Crippen LogP) is -0.0542. The molecule has 3 N–H and O–H groups in total. The number of hydrogen-bond donors (Lipinski definition) is 3. The van der Waals surface area contributed by atoms with Gasteiger partial charge in [0.15, 0.2) is 0 Å². The molecule has 2 aromatic heterocycles. The van der Waals surface area contributed by atoms with Crippen molar-refractivity contribution in [2.24, 2.45) is 0 Å². The molecule has 0 aromatic carbocycles. The number of ether oxygens (including phenoxy) is 1. The number of amides is 1. The third kappa shape index (κ3) is 2.50. The van der Waals surface area contributed by atoms with Gasteiger partial charge < -0.3 is 15.4 Å². The molecular formula is C11H12N6O3S. The first-order chi connectivity index (χ1) is 10.2. The molecule has 0 aliphatic carbocycles. The molecule has 1 aliphatic rings. The maximum atomic E-state index is 12.0. The van der Waals surface area contributed by atoms with Crippen LogP contribution >= 0.6 is 11.3 Å². The highest BCUT2D eigenvalue weighted by Crippen LogP contribution is 2.36. The fraction of sp³-hybridized carbons (Fsp3) is 0.364. The van der Waals surface area contributed by atoms with E-state index in [-0.39, 0.29) is 5.82 Å². The fourth-order valence-electron chi connectivity index (χ4n) is 2.16. The van der Waals surface area contributed by atoms with Crippen LogP contribution in [0.2, 0.25) is 0 Å². The van der Waals surface area contributed by atoms with Crippen molar-refractivity contribution in [2.45, 2.75) is 13.0 Å². The fourth-order valence-corrected chi connectivity index (χ4v) is 3.36. The molecule has 0 spiro atoms. The highest BCUT2D eigenvalue weighted by Gasteiger charge is 2.27. The number of esters is 1. The van der Waals surface area contributed by atoms with Gasteiger partial charge in [0.1, 0.15) is 5.00 Å². The van der Waals surface area contributed by atoms with E-state index in [1.165, 1.54) is 18.4 Å². The first kappa shape index (κ1) is 13.6. The first-order valence-electron chi connectivity index (χ1n) is 6.19. The molecule has 9 nitrogen and oxygen atoms in total. The molecule has 110 valence electrons. The summed E-state index contributed by atoms with van der Waals surface area (Å²) in [6, 6.07) is 0. The smallest absolute Gasteiger partial charge is 0.341 e. The van der Waals surface area contributed by atoms with E-state index in [0.29, 0.717) is 23.5 Å². The Hall–Kier alpha value is -2.33. The number of carbonyl (C=O) groups excluding carboxylic acids is 2. The summed E-state index contributed by atoms with van der Waals surface area (Å²) in [5.74, 6) is -1.08. The topological polar surface area (TPSA) is 122 Å². The van der Waals surface area contributed by atoms with Crippen LogP contribution in [0.25, 0.3) is 0 Å². The van der Waals surface area contributed by atoms with Crippen molar-refractivity contribution >= 4 is 28.2 Å². The van der Waals surface area contributed by atoms with Gasteiger partial charge in [-0.25, -0.2) is 4.79 Å². The molecule has 3 rings (SSSR count). The molecule has 0 bridgehead atoms. The number of tetrazole rings is 1. The van der Waals surface area contributed by atoms with Crippen LogP contribution in [0.15, 0.2) is 0 Å². The van der Waals surface area contributed by atoms with Gasteiger partial charge in [-0.15, -0.1) is 21.5 Å². The van der Waals surface area contributed by atoms with Gasteiger partial charge in [-0.2, -0.15) is 5.21 Å². The number of thiophene rings is 1. The highest BCUT2D eigenvalue weighted by atomic mass is 32.1. The Morgan fingerprint density at radius 2 is 2.29 bits per heavy atom. The van der Waals surface area contributed by atoms with E-state index in [1.807, 2.05) is 0 Å². The van der Waals surface area contributed by atoms with Crippen LogP contribution in [0.4, 0.5) is 5.00 Å². The van der Waals surface area contributed by atoms with Crippen LogP contribution in [0, 0.1) is 0 Å². The summed E-state index contributed by atoms with van der Waals surface area (Å²) in [5.41, 5.74) is 1.34. The summed E-state index contributed by atoms with van der Waals surface area (Å²) in [6.07, 6.45) is 0.717.